The lowest BCUT2D eigenvalue weighted by Crippen LogP contribution is -2.04. The molecule has 3 N–H and O–H groups in total. The van der Waals surface area contributed by atoms with Gasteiger partial charge in [-0.1, -0.05) is 0 Å². The van der Waals surface area contributed by atoms with Gasteiger partial charge >= 0.3 is 0 Å². The third-order valence-electron chi connectivity index (χ3n) is 3.04. The molecule has 3 aromatic rings. The average molecular weight is 317 g/mol. The molecule has 0 spiro atoms. The Morgan fingerprint density at radius 2 is 2.10 bits per heavy atom. The quantitative estimate of drug-likeness (QED) is 0.755. The zero-order valence-corrected chi connectivity index (χ0v) is 13.2. The van der Waals surface area contributed by atoms with Crippen molar-refractivity contribution in [3.05, 3.63) is 40.5 Å². The molecule has 108 valence electrons. The van der Waals surface area contributed by atoms with Gasteiger partial charge in [0, 0.05) is 24.3 Å². The maximum absolute atomic E-state index is 5.98. The summed E-state index contributed by atoms with van der Waals surface area (Å²) in [4.78, 5) is 8.52. The van der Waals surface area contributed by atoms with Gasteiger partial charge in [0.25, 0.3) is 0 Å². The van der Waals surface area contributed by atoms with Crippen LogP contribution in [0.1, 0.15) is 10.6 Å². The van der Waals surface area contributed by atoms with Crippen molar-refractivity contribution in [1.82, 2.24) is 14.3 Å². The van der Waals surface area contributed by atoms with Gasteiger partial charge in [-0.05, 0) is 42.6 Å². The van der Waals surface area contributed by atoms with Crippen LogP contribution in [-0.2, 0) is 6.42 Å². The Labute approximate surface area is 131 Å². The minimum Gasteiger partial charge on any atom is -0.382 e. The first-order chi connectivity index (χ1) is 10.2. The first kappa shape index (κ1) is 14.0. The molecule has 5 nitrogen and oxygen atoms in total. The lowest BCUT2D eigenvalue weighted by Gasteiger charge is -2.05. The Morgan fingerprint density at radius 1 is 1.29 bits per heavy atom. The molecule has 0 aliphatic rings. The first-order valence-corrected chi connectivity index (χ1v) is 8.20. The van der Waals surface area contributed by atoms with E-state index in [0.29, 0.717) is 5.82 Å². The molecule has 21 heavy (non-hydrogen) atoms. The number of anilines is 2. The summed E-state index contributed by atoms with van der Waals surface area (Å²) in [5.74, 6) is 0.539. The van der Waals surface area contributed by atoms with Crippen LogP contribution in [0.5, 0.6) is 0 Å². The van der Waals surface area contributed by atoms with E-state index in [2.05, 4.69) is 19.7 Å². The Kier molecular flexibility index (Phi) is 4.12. The molecular weight excluding hydrogens is 302 g/mol. The molecule has 0 fully saturated rings. The van der Waals surface area contributed by atoms with Crippen LogP contribution in [0.2, 0.25) is 0 Å². The molecule has 3 rings (SSSR count). The van der Waals surface area contributed by atoms with Crippen molar-refractivity contribution in [1.29, 1.82) is 0 Å². The number of nitrogens with one attached hydrogen (secondary N) is 1. The maximum Gasteiger partial charge on any atom is 0.148 e. The third kappa shape index (κ3) is 3.20. The second kappa shape index (κ2) is 6.19. The highest BCUT2D eigenvalue weighted by molar-refractivity contribution is 7.11. The molecular formula is C14H15N5S2. The summed E-state index contributed by atoms with van der Waals surface area (Å²) in [6, 6.07) is 4.04. The van der Waals surface area contributed by atoms with E-state index in [-0.39, 0.29) is 0 Å². The number of nitrogens with zero attached hydrogens (tertiary/aromatic N) is 3. The van der Waals surface area contributed by atoms with Crippen molar-refractivity contribution < 1.29 is 0 Å². The fourth-order valence-corrected chi connectivity index (χ4v) is 3.37. The van der Waals surface area contributed by atoms with Crippen molar-refractivity contribution in [3.8, 4) is 11.3 Å². The highest BCUT2D eigenvalue weighted by Gasteiger charge is 2.15. The minimum atomic E-state index is 0.539. The number of hydrogen-bond donors (Lipinski definition) is 2. The number of rotatable bonds is 5. The fourth-order valence-electron chi connectivity index (χ4n) is 2.02. The van der Waals surface area contributed by atoms with Gasteiger partial charge in [0.2, 0.25) is 0 Å². The van der Waals surface area contributed by atoms with Crippen LogP contribution in [0.4, 0.5) is 10.8 Å². The molecule has 7 heteroatoms. The Bertz CT molecular complexity index is 720. The predicted octanol–water partition coefficient (Wildman–Crippen LogP) is 3.21. The second-order valence-electron chi connectivity index (χ2n) is 4.56. The summed E-state index contributed by atoms with van der Waals surface area (Å²) in [7, 11) is 0. The van der Waals surface area contributed by atoms with Crippen molar-refractivity contribution in [2.45, 2.75) is 13.3 Å². The van der Waals surface area contributed by atoms with E-state index in [0.717, 1.165) is 34.2 Å². The van der Waals surface area contributed by atoms with E-state index in [9.17, 15) is 0 Å². The lowest BCUT2D eigenvalue weighted by molar-refractivity contribution is 1.02. The molecule has 0 saturated carbocycles. The standard InChI is InChI=1S/C14H15N5S2/c1-9-18-11(8-20-9)12-13(15)19-21-14(12)17-7-4-10-2-5-16-6-3-10/h2-3,5-6,8,17H,4,7H2,1H3,(H2,15,19). The lowest BCUT2D eigenvalue weighted by atomic mass is 10.2. The van der Waals surface area contributed by atoms with Crippen LogP contribution in [0.15, 0.2) is 29.9 Å². The molecule has 0 amide bonds. The van der Waals surface area contributed by atoms with Gasteiger partial charge in [-0.25, -0.2) is 4.98 Å². The molecule has 0 aliphatic heterocycles. The van der Waals surface area contributed by atoms with Crippen LogP contribution in [0.25, 0.3) is 11.3 Å². The van der Waals surface area contributed by atoms with Gasteiger partial charge in [0.15, 0.2) is 0 Å². The molecule has 0 saturated heterocycles. The van der Waals surface area contributed by atoms with Gasteiger partial charge in [0.1, 0.15) is 10.8 Å². The summed E-state index contributed by atoms with van der Waals surface area (Å²) in [6.07, 6.45) is 4.54. The predicted molar refractivity (Wildman–Crippen MR) is 88.8 cm³/mol. The van der Waals surface area contributed by atoms with Gasteiger partial charge in [0.05, 0.1) is 16.3 Å². The molecule has 0 unspecified atom stereocenters. The fraction of sp³-hybridized carbons (Fsp3) is 0.214. The van der Waals surface area contributed by atoms with Crippen molar-refractivity contribution in [3.63, 3.8) is 0 Å². The summed E-state index contributed by atoms with van der Waals surface area (Å²) < 4.78 is 4.24. The largest absolute Gasteiger partial charge is 0.382 e. The van der Waals surface area contributed by atoms with Crippen molar-refractivity contribution in [2.75, 3.05) is 17.6 Å². The summed E-state index contributed by atoms with van der Waals surface area (Å²) >= 11 is 3.00. The zero-order valence-electron chi connectivity index (χ0n) is 11.5. The third-order valence-corrected chi connectivity index (χ3v) is 4.63. The highest BCUT2D eigenvalue weighted by atomic mass is 32.1. The second-order valence-corrected chi connectivity index (χ2v) is 6.39. The number of nitrogens with two attached hydrogens (primary N) is 1. The van der Waals surface area contributed by atoms with Crippen LogP contribution < -0.4 is 11.1 Å². The molecule has 0 bridgehead atoms. The smallest absolute Gasteiger partial charge is 0.148 e. The number of hydrogen-bond acceptors (Lipinski definition) is 7. The van der Waals surface area contributed by atoms with Crippen LogP contribution in [0, 0.1) is 6.92 Å². The van der Waals surface area contributed by atoms with Gasteiger partial charge < -0.3 is 11.1 Å². The SMILES string of the molecule is Cc1nc(-c2c(N)nsc2NCCc2ccncc2)cs1. The van der Waals surface area contributed by atoms with Crippen LogP contribution in [0.3, 0.4) is 0 Å². The Balaban J connectivity index is 1.72. The topological polar surface area (TPSA) is 76.7 Å². The number of thiazole rings is 1. The van der Waals surface area contributed by atoms with E-state index < -0.39 is 0 Å². The molecule has 0 aromatic carbocycles. The molecule has 0 radical (unpaired) electrons. The van der Waals surface area contributed by atoms with E-state index in [1.807, 2.05) is 36.8 Å². The Hall–Kier alpha value is -1.99. The van der Waals surface area contributed by atoms with Crippen LogP contribution in [-0.4, -0.2) is 20.9 Å². The van der Waals surface area contributed by atoms with E-state index in [1.54, 1.807) is 11.3 Å². The monoisotopic (exact) mass is 317 g/mol. The molecule has 3 heterocycles. The van der Waals surface area contributed by atoms with Crippen molar-refractivity contribution in [2.24, 2.45) is 0 Å². The average Bonchev–Trinajstić information content (AvgIpc) is 3.06. The normalized spacial score (nSPS) is 10.7. The minimum absolute atomic E-state index is 0.539. The van der Waals surface area contributed by atoms with Gasteiger partial charge in [-0.3, -0.25) is 4.98 Å². The van der Waals surface area contributed by atoms with Gasteiger partial charge in [-0.15, -0.1) is 11.3 Å². The van der Waals surface area contributed by atoms with Crippen molar-refractivity contribution >= 4 is 33.7 Å². The molecule has 0 aliphatic carbocycles. The summed E-state index contributed by atoms with van der Waals surface area (Å²) in [5.41, 5.74) is 9.05. The number of aromatic nitrogens is 3. The van der Waals surface area contributed by atoms with E-state index in [1.165, 1.54) is 17.1 Å². The maximum atomic E-state index is 5.98. The number of nitrogen functional groups attached to an aromatic ring is 1. The summed E-state index contributed by atoms with van der Waals surface area (Å²) in [5, 5.41) is 7.43. The first-order valence-electron chi connectivity index (χ1n) is 6.54. The van der Waals surface area contributed by atoms with E-state index >= 15 is 0 Å². The highest BCUT2D eigenvalue weighted by Crippen LogP contribution is 2.36. The van der Waals surface area contributed by atoms with Crippen LogP contribution >= 0.6 is 22.9 Å². The zero-order chi connectivity index (χ0) is 14.7. The summed E-state index contributed by atoms with van der Waals surface area (Å²) in [6.45, 7) is 2.81. The number of aryl methyl sites for hydroxylation is 1. The number of pyridine rings is 1. The van der Waals surface area contributed by atoms with E-state index in [4.69, 9.17) is 5.73 Å². The molecule has 3 aromatic heterocycles. The van der Waals surface area contributed by atoms with Gasteiger partial charge in [-0.2, -0.15) is 4.37 Å². The Morgan fingerprint density at radius 3 is 2.81 bits per heavy atom. The molecule has 0 atom stereocenters.